The zero-order valence-corrected chi connectivity index (χ0v) is 29.4. The molecule has 4 amide bonds. The minimum atomic E-state index is -0.726. The topological polar surface area (TPSA) is 75.7 Å². The summed E-state index contributed by atoms with van der Waals surface area (Å²) in [5, 5.41) is 4.69. The summed E-state index contributed by atoms with van der Waals surface area (Å²) in [6.45, 7) is 0.410. The van der Waals surface area contributed by atoms with E-state index in [1.54, 1.807) is 6.08 Å². The van der Waals surface area contributed by atoms with Crippen molar-refractivity contribution in [3.05, 3.63) is 108 Å². The van der Waals surface area contributed by atoms with Crippen molar-refractivity contribution in [2.75, 3.05) is 4.90 Å². The van der Waals surface area contributed by atoms with Crippen LogP contribution < -0.4 is 15.0 Å². The van der Waals surface area contributed by atoms with Gasteiger partial charge in [0, 0.05) is 0 Å². The predicted octanol–water partition coefficient (Wildman–Crippen LogP) is 8.76. The molecule has 1 saturated heterocycles. The first-order valence-corrected chi connectivity index (χ1v) is 18.0. The van der Waals surface area contributed by atoms with Crippen molar-refractivity contribution in [2.45, 2.75) is 50.5 Å². The highest BCUT2D eigenvalue weighted by molar-refractivity contribution is 14.1. The van der Waals surface area contributed by atoms with Crippen molar-refractivity contribution < 1.29 is 19.1 Å². The normalized spacial score (nSPS) is 26.2. The van der Waals surface area contributed by atoms with E-state index >= 15 is 0 Å². The molecular formula is C38H32I2N2O4. The Morgan fingerprint density at radius 2 is 1.46 bits per heavy atom. The van der Waals surface area contributed by atoms with Crippen LogP contribution in [0.5, 0.6) is 5.75 Å². The second-order valence-corrected chi connectivity index (χ2v) is 15.8. The van der Waals surface area contributed by atoms with Gasteiger partial charge in [0.25, 0.3) is 11.8 Å². The number of hydrogen-bond donors (Lipinski definition) is 1. The number of hydrogen-bond acceptors (Lipinski definition) is 4. The van der Waals surface area contributed by atoms with Gasteiger partial charge in [-0.1, -0.05) is 54.6 Å². The molecule has 9 rings (SSSR count). The minimum absolute atomic E-state index is 0.0826. The molecule has 5 aliphatic rings. The van der Waals surface area contributed by atoms with Crippen molar-refractivity contribution in [3.8, 4) is 5.75 Å². The standard InChI is InChI=1S/C38H32I2N2O4/c39-32-16-22(17-33(40)34(32)46-21-27-6-3-5-26-4-1-2-7-30(26)27)15-31-35(43)41-37(45)42(36(31)44)29-10-8-28(9-11-29)38-18-23-12-24(19-38)14-25(13-23)20-38/h1-11,15-17,23-25H,12-14,18-21H2,(H,41,43,45)/b31-15+. The van der Waals surface area contributed by atoms with Crippen LogP contribution in [0.15, 0.2) is 84.4 Å². The zero-order chi connectivity index (χ0) is 31.6. The Morgan fingerprint density at radius 3 is 2.13 bits per heavy atom. The molecule has 4 bridgehead atoms. The summed E-state index contributed by atoms with van der Waals surface area (Å²) in [7, 11) is 0. The van der Waals surface area contributed by atoms with Crippen LogP contribution in [0.1, 0.15) is 55.2 Å². The number of amides is 4. The maximum Gasteiger partial charge on any atom is 0.335 e. The number of ether oxygens (including phenoxy) is 1. The zero-order valence-electron chi connectivity index (χ0n) is 25.1. The molecule has 6 nitrogen and oxygen atoms in total. The molecule has 8 heteroatoms. The van der Waals surface area contributed by atoms with Gasteiger partial charge in [0.05, 0.1) is 12.8 Å². The highest BCUT2D eigenvalue weighted by atomic mass is 127. The number of imide groups is 2. The van der Waals surface area contributed by atoms with Gasteiger partial charge in [0.15, 0.2) is 0 Å². The highest BCUT2D eigenvalue weighted by Crippen LogP contribution is 2.60. The van der Waals surface area contributed by atoms with Crippen LogP contribution in [-0.4, -0.2) is 17.8 Å². The van der Waals surface area contributed by atoms with Crippen LogP contribution in [0.25, 0.3) is 16.8 Å². The average Bonchev–Trinajstić information content (AvgIpc) is 3.02. The van der Waals surface area contributed by atoms with E-state index in [2.05, 4.69) is 86.9 Å². The van der Waals surface area contributed by atoms with Crippen LogP contribution in [0, 0.1) is 24.9 Å². The lowest BCUT2D eigenvalue weighted by Gasteiger charge is -2.57. The van der Waals surface area contributed by atoms with Crippen molar-refractivity contribution in [1.29, 1.82) is 0 Å². The van der Waals surface area contributed by atoms with Gasteiger partial charge in [-0.3, -0.25) is 14.9 Å². The van der Waals surface area contributed by atoms with Gasteiger partial charge in [-0.15, -0.1) is 0 Å². The number of urea groups is 1. The Morgan fingerprint density at radius 1 is 0.826 bits per heavy atom. The van der Waals surface area contributed by atoms with Crippen LogP contribution in [0.3, 0.4) is 0 Å². The van der Waals surface area contributed by atoms with Crippen LogP contribution in [0.4, 0.5) is 10.5 Å². The van der Waals surface area contributed by atoms with Crippen LogP contribution >= 0.6 is 45.2 Å². The number of barbiturate groups is 1. The van der Waals surface area contributed by atoms with E-state index in [0.717, 1.165) is 51.9 Å². The monoisotopic (exact) mass is 834 g/mol. The minimum Gasteiger partial charge on any atom is -0.487 e. The number of benzene rings is 4. The Kier molecular flexibility index (Phi) is 7.70. The first-order valence-electron chi connectivity index (χ1n) is 15.9. The van der Waals surface area contributed by atoms with Gasteiger partial charge < -0.3 is 4.74 Å². The number of nitrogens with one attached hydrogen (secondary N) is 1. The Hall–Kier alpha value is -3.25. The molecule has 1 aliphatic heterocycles. The van der Waals surface area contributed by atoms with E-state index in [1.807, 2.05) is 42.5 Å². The smallest absolute Gasteiger partial charge is 0.335 e. The molecule has 232 valence electrons. The number of rotatable bonds is 6. The second-order valence-electron chi connectivity index (χ2n) is 13.4. The van der Waals surface area contributed by atoms with Gasteiger partial charge >= 0.3 is 6.03 Å². The van der Waals surface area contributed by atoms with Crippen LogP contribution in [-0.2, 0) is 21.6 Å². The summed E-state index contributed by atoms with van der Waals surface area (Å²) in [6.07, 6.45) is 9.42. The van der Waals surface area contributed by atoms with Crippen LogP contribution in [0.2, 0.25) is 0 Å². The molecule has 0 aromatic heterocycles. The van der Waals surface area contributed by atoms with E-state index in [1.165, 1.54) is 44.1 Å². The third kappa shape index (κ3) is 5.35. The third-order valence-electron chi connectivity index (χ3n) is 10.5. The molecule has 1 heterocycles. The second kappa shape index (κ2) is 11.8. The molecule has 4 aromatic carbocycles. The fourth-order valence-corrected chi connectivity index (χ4v) is 11.0. The first kappa shape index (κ1) is 30.1. The molecule has 0 radical (unpaired) electrons. The Labute approximate surface area is 295 Å². The predicted molar refractivity (Wildman–Crippen MR) is 195 cm³/mol. The maximum absolute atomic E-state index is 13.7. The summed E-state index contributed by atoms with van der Waals surface area (Å²) < 4.78 is 8.00. The molecule has 4 saturated carbocycles. The molecule has 4 aliphatic carbocycles. The van der Waals surface area contributed by atoms with E-state index < -0.39 is 17.8 Å². The molecule has 0 spiro atoms. The van der Waals surface area contributed by atoms with Crippen molar-refractivity contribution in [1.82, 2.24) is 5.32 Å². The van der Waals surface area contributed by atoms with Gasteiger partial charge in [-0.25, -0.2) is 9.69 Å². The molecule has 1 N–H and O–H groups in total. The summed E-state index contributed by atoms with van der Waals surface area (Å²) in [5.41, 5.74) is 3.70. The Bertz CT molecular complexity index is 1890. The van der Waals surface area contributed by atoms with Crippen molar-refractivity contribution in [2.24, 2.45) is 17.8 Å². The van der Waals surface area contributed by atoms with E-state index in [9.17, 15) is 14.4 Å². The number of halogens is 2. The molecule has 0 unspecified atom stereocenters. The summed E-state index contributed by atoms with van der Waals surface area (Å²) in [6, 6.07) is 25.4. The molecule has 0 atom stereocenters. The summed E-state index contributed by atoms with van der Waals surface area (Å²) >= 11 is 4.44. The quantitative estimate of drug-likeness (QED) is 0.120. The number of anilines is 1. The lowest BCUT2D eigenvalue weighted by Crippen LogP contribution is -2.54. The molecule has 5 fully saturated rings. The summed E-state index contributed by atoms with van der Waals surface area (Å²) in [5.74, 6) is 1.90. The van der Waals surface area contributed by atoms with Crippen molar-refractivity contribution in [3.63, 3.8) is 0 Å². The van der Waals surface area contributed by atoms with Crippen molar-refractivity contribution >= 4 is 85.6 Å². The van der Waals surface area contributed by atoms with Gasteiger partial charge in [0.1, 0.15) is 17.9 Å². The van der Waals surface area contributed by atoms with Gasteiger partial charge in [-0.05, 0) is 165 Å². The lowest BCUT2D eigenvalue weighted by molar-refractivity contribution is -0.122. The lowest BCUT2D eigenvalue weighted by atomic mass is 9.48. The molecule has 46 heavy (non-hydrogen) atoms. The fourth-order valence-electron chi connectivity index (χ4n) is 8.86. The number of nitrogens with zero attached hydrogens (tertiary/aromatic N) is 1. The maximum atomic E-state index is 13.7. The van der Waals surface area contributed by atoms with E-state index in [-0.39, 0.29) is 11.0 Å². The number of carbonyl (C=O) groups excluding carboxylic acids is 3. The number of fused-ring (bicyclic) bond motifs is 1. The molecule has 4 aromatic rings. The van der Waals surface area contributed by atoms with E-state index in [0.29, 0.717) is 17.9 Å². The highest BCUT2D eigenvalue weighted by Gasteiger charge is 2.51. The average molecular weight is 834 g/mol. The number of carbonyl (C=O) groups is 3. The summed E-state index contributed by atoms with van der Waals surface area (Å²) in [4.78, 5) is 40.7. The fraction of sp³-hybridized carbons (Fsp3) is 0.289. The molecular weight excluding hydrogens is 802 g/mol. The van der Waals surface area contributed by atoms with E-state index in [4.69, 9.17) is 4.74 Å². The van der Waals surface area contributed by atoms with Gasteiger partial charge in [-0.2, -0.15) is 0 Å². The van der Waals surface area contributed by atoms with Gasteiger partial charge in [0.2, 0.25) is 0 Å². The third-order valence-corrected chi connectivity index (χ3v) is 12.1. The largest absolute Gasteiger partial charge is 0.487 e. The Balaban J connectivity index is 1.03. The SMILES string of the molecule is O=C1NC(=O)N(c2ccc(C34CC5CC(CC(C5)C3)C4)cc2)C(=O)/C1=C/c1cc(I)c(OCc2cccc3ccccc23)c(I)c1. The first-order chi connectivity index (χ1) is 22.3.